The molecule has 0 fully saturated rings. The van der Waals surface area contributed by atoms with Gasteiger partial charge in [-0.25, -0.2) is 4.90 Å². The molecule has 0 aliphatic carbocycles. The van der Waals surface area contributed by atoms with Crippen molar-refractivity contribution < 1.29 is 4.79 Å². The van der Waals surface area contributed by atoms with Crippen LogP contribution in [0.5, 0.6) is 0 Å². The van der Waals surface area contributed by atoms with Crippen LogP contribution in [0.4, 0.5) is 0 Å². The molecule has 6 nitrogen and oxygen atoms in total. The van der Waals surface area contributed by atoms with Crippen LogP contribution in [0.1, 0.15) is 12.5 Å². The lowest BCUT2D eigenvalue weighted by Crippen LogP contribution is -2.41. The van der Waals surface area contributed by atoms with Crippen molar-refractivity contribution in [3.8, 4) is 0 Å². The number of aromatic nitrogens is 1. The standard InChI is InChI=1S/C13H11N5OS2/c1-2-20-13-17-21-12-16-11(19)9(10(14)18(12)13)6-8-4-3-5-15-7-8/h3-7,14H,2H2,1H3/b9-6-,14-10?. The van der Waals surface area contributed by atoms with Crippen LogP contribution < -0.4 is 0 Å². The van der Waals surface area contributed by atoms with E-state index in [-0.39, 0.29) is 11.4 Å². The predicted octanol–water partition coefficient (Wildman–Crippen LogP) is 2.41. The fourth-order valence-electron chi connectivity index (χ4n) is 1.85. The average Bonchev–Trinajstić information content (AvgIpc) is 2.88. The summed E-state index contributed by atoms with van der Waals surface area (Å²) in [6, 6.07) is 3.61. The van der Waals surface area contributed by atoms with Crippen molar-refractivity contribution in [2.75, 3.05) is 5.75 Å². The van der Waals surface area contributed by atoms with Crippen LogP contribution in [0, 0.1) is 5.41 Å². The second kappa shape index (κ2) is 5.82. The van der Waals surface area contributed by atoms with Gasteiger partial charge in [0.1, 0.15) is 5.84 Å². The van der Waals surface area contributed by atoms with E-state index in [2.05, 4.69) is 14.4 Å². The van der Waals surface area contributed by atoms with Crippen molar-refractivity contribution in [1.29, 1.82) is 5.41 Å². The number of thioether (sulfide) groups is 1. The number of amides is 1. The zero-order valence-electron chi connectivity index (χ0n) is 11.1. The van der Waals surface area contributed by atoms with Gasteiger partial charge in [-0.05, 0) is 23.5 Å². The molecule has 1 aromatic rings. The predicted molar refractivity (Wildman–Crippen MR) is 87.4 cm³/mol. The summed E-state index contributed by atoms with van der Waals surface area (Å²) in [6.45, 7) is 2.01. The molecule has 1 amide bonds. The van der Waals surface area contributed by atoms with Crippen LogP contribution in [0.15, 0.2) is 39.5 Å². The van der Waals surface area contributed by atoms with Crippen LogP contribution in [0.2, 0.25) is 0 Å². The van der Waals surface area contributed by atoms with Gasteiger partial charge in [0.2, 0.25) is 5.17 Å². The quantitative estimate of drug-likeness (QED) is 0.669. The summed E-state index contributed by atoms with van der Waals surface area (Å²) in [7, 11) is 0. The molecule has 8 heteroatoms. The Labute approximate surface area is 130 Å². The SMILES string of the molecule is CCSC1=NSC2=NC(=O)/C(=C\c3cccnc3)C(=N)N12. The number of fused-ring (bicyclic) bond motifs is 1. The first kappa shape index (κ1) is 14.0. The molecule has 21 heavy (non-hydrogen) atoms. The van der Waals surface area contributed by atoms with E-state index in [4.69, 9.17) is 5.41 Å². The Hall–Kier alpha value is -1.93. The van der Waals surface area contributed by atoms with Gasteiger partial charge in [-0.3, -0.25) is 15.2 Å². The van der Waals surface area contributed by atoms with Gasteiger partial charge in [0, 0.05) is 12.4 Å². The Morgan fingerprint density at radius 3 is 3.10 bits per heavy atom. The van der Waals surface area contributed by atoms with E-state index in [9.17, 15) is 4.79 Å². The van der Waals surface area contributed by atoms with E-state index in [0.29, 0.717) is 10.3 Å². The summed E-state index contributed by atoms with van der Waals surface area (Å²) in [5.41, 5.74) is 1.01. The Morgan fingerprint density at radius 1 is 1.52 bits per heavy atom. The highest BCUT2D eigenvalue weighted by Gasteiger charge is 2.37. The largest absolute Gasteiger partial charge is 0.283 e. The molecular formula is C13H11N5OS2. The van der Waals surface area contributed by atoms with Crippen LogP contribution >= 0.6 is 23.7 Å². The highest BCUT2D eigenvalue weighted by atomic mass is 32.2. The van der Waals surface area contributed by atoms with E-state index in [0.717, 1.165) is 23.3 Å². The Morgan fingerprint density at radius 2 is 2.38 bits per heavy atom. The van der Waals surface area contributed by atoms with Crippen molar-refractivity contribution >= 4 is 51.9 Å². The molecule has 0 aromatic carbocycles. The summed E-state index contributed by atoms with van der Waals surface area (Å²) in [4.78, 5) is 21.7. The molecule has 0 saturated carbocycles. The lowest BCUT2D eigenvalue weighted by atomic mass is 10.1. The van der Waals surface area contributed by atoms with Gasteiger partial charge >= 0.3 is 0 Å². The topological polar surface area (TPSA) is 81.8 Å². The molecule has 1 aromatic heterocycles. The summed E-state index contributed by atoms with van der Waals surface area (Å²) >= 11 is 2.65. The molecule has 1 N–H and O–H groups in total. The van der Waals surface area contributed by atoms with Crippen LogP contribution in [0.25, 0.3) is 6.08 Å². The summed E-state index contributed by atoms with van der Waals surface area (Å²) in [5, 5.41) is 9.43. The van der Waals surface area contributed by atoms with Crippen LogP contribution in [-0.4, -0.2) is 37.7 Å². The van der Waals surface area contributed by atoms with Crippen LogP contribution in [0.3, 0.4) is 0 Å². The van der Waals surface area contributed by atoms with Gasteiger partial charge in [-0.1, -0.05) is 24.8 Å². The minimum atomic E-state index is -0.416. The monoisotopic (exact) mass is 317 g/mol. The molecular weight excluding hydrogens is 306 g/mol. The average molecular weight is 317 g/mol. The third-order valence-corrected chi connectivity index (χ3v) is 4.40. The number of hydrogen-bond donors (Lipinski definition) is 1. The maximum atomic E-state index is 12.1. The molecule has 0 unspecified atom stereocenters. The molecule has 0 saturated heterocycles. The molecule has 2 aliphatic rings. The van der Waals surface area contributed by atoms with Crippen molar-refractivity contribution in [3.05, 3.63) is 35.7 Å². The minimum Gasteiger partial charge on any atom is -0.283 e. The number of rotatable bonds is 2. The van der Waals surface area contributed by atoms with E-state index >= 15 is 0 Å². The van der Waals surface area contributed by atoms with Gasteiger partial charge in [-0.2, -0.15) is 9.39 Å². The van der Waals surface area contributed by atoms with E-state index < -0.39 is 5.91 Å². The number of nitrogens with zero attached hydrogens (tertiary/aromatic N) is 4. The van der Waals surface area contributed by atoms with Crippen molar-refractivity contribution in [1.82, 2.24) is 9.88 Å². The summed E-state index contributed by atoms with van der Waals surface area (Å²) < 4.78 is 4.26. The highest BCUT2D eigenvalue weighted by molar-refractivity contribution is 8.19. The first-order chi connectivity index (χ1) is 10.2. The van der Waals surface area contributed by atoms with E-state index in [1.165, 1.54) is 11.8 Å². The maximum absolute atomic E-state index is 12.1. The van der Waals surface area contributed by atoms with Gasteiger partial charge in [-0.15, -0.1) is 0 Å². The molecule has 106 valence electrons. The fourth-order valence-corrected chi connectivity index (χ4v) is 3.42. The highest BCUT2D eigenvalue weighted by Crippen LogP contribution is 2.31. The van der Waals surface area contributed by atoms with Crippen LogP contribution in [-0.2, 0) is 4.79 Å². The number of amidine groups is 3. The van der Waals surface area contributed by atoms with E-state index in [1.54, 1.807) is 29.4 Å². The third kappa shape index (κ3) is 2.64. The first-order valence-electron chi connectivity index (χ1n) is 6.22. The zero-order chi connectivity index (χ0) is 14.8. The lowest BCUT2D eigenvalue weighted by Gasteiger charge is -2.24. The lowest BCUT2D eigenvalue weighted by molar-refractivity contribution is -0.114. The number of carbonyl (C=O) groups excluding carboxylic acids is 1. The first-order valence-corrected chi connectivity index (χ1v) is 7.98. The smallest absolute Gasteiger partial charge is 0.283 e. The fraction of sp³-hybridized carbons (Fsp3) is 0.154. The summed E-state index contributed by atoms with van der Waals surface area (Å²) in [5.74, 6) is 0.533. The number of aliphatic imine (C=N–C) groups is 1. The number of carbonyl (C=O) groups is 1. The van der Waals surface area contributed by atoms with Gasteiger partial charge in [0.25, 0.3) is 5.91 Å². The Balaban J connectivity index is 1.98. The van der Waals surface area contributed by atoms with E-state index in [1.807, 2.05) is 13.0 Å². The third-order valence-electron chi connectivity index (χ3n) is 2.76. The van der Waals surface area contributed by atoms with Gasteiger partial charge in [0.15, 0.2) is 5.17 Å². The number of nitrogens with one attached hydrogen (secondary N) is 1. The zero-order valence-corrected chi connectivity index (χ0v) is 12.7. The molecule has 3 rings (SSSR count). The van der Waals surface area contributed by atoms with Crippen molar-refractivity contribution in [2.24, 2.45) is 9.39 Å². The maximum Gasteiger partial charge on any atom is 0.283 e. The van der Waals surface area contributed by atoms with Gasteiger partial charge in [0.05, 0.1) is 17.5 Å². The second-order valence-corrected chi connectivity index (χ2v) is 6.09. The minimum absolute atomic E-state index is 0.110. The molecule has 0 radical (unpaired) electrons. The number of pyridine rings is 1. The van der Waals surface area contributed by atoms with Crippen molar-refractivity contribution in [2.45, 2.75) is 6.92 Å². The molecule has 2 aliphatic heterocycles. The molecule has 0 spiro atoms. The molecule has 0 atom stereocenters. The normalized spacial score (nSPS) is 19.7. The Bertz CT molecular complexity index is 696. The Kier molecular flexibility index (Phi) is 3.89. The molecule has 3 heterocycles. The second-order valence-electron chi connectivity index (χ2n) is 4.13. The molecule has 0 bridgehead atoms. The van der Waals surface area contributed by atoms with Gasteiger partial charge < -0.3 is 0 Å². The van der Waals surface area contributed by atoms with Crippen molar-refractivity contribution in [3.63, 3.8) is 0 Å². The number of hydrogen-bond acceptors (Lipinski definition) is 6. The summed E-state index contributed by atoms with van der Waals surface area (Å²) in [6.07, 6.45) is 4.93.